The lowest BCUT2D eigenvalue weighted by atomic mass is 10.1. The maximum atomic E-state index is 12.3. The number of carbonyl (C=O) groups is 1. The molecule has 0 radical (unpaired) electrons. The second-order valence-corrected chi connectivity index (χ2v) is 6.34. The van der Waals surface area contributed by atoms with Gasteiger partial charge < -0.3 is 19.7 Å². The molecule has 8 nitrogen and oxygen atoms in total. The summed E-state index contributed by atoms with van der Waals surface area (Å²) in [6.07, 6.45) is 0. The minimum Gasteiger partial charge on any atom is -0.458 e. The highest BCUT2D eigenvalue weighted by Crippen LogP contribution is 2.26. The summed E-state index contributed by atoms with van der Waals surface area (Å²) in [5, 5.41) is 14.8. The summed E-state index contributed by atoms with van der Waals surface area (Å²) in [5.41, 5.74) is 1.59. The van der Waals surface area contributed by atoms with Crippen molar-refractivity contribution in [3.05, 3.63) is 76.0 Å². The number of nitro groups is 1. The fraction of sp³-hybridized carbons (Fsp3) is 0.286. The van der Waals surface area contributed by atoms with Gasteiger partial charge in [0.25, 0.3) is 0 Å². The lowest BCUT2D eigenvalue weighted by molar-refractivity contribution is -0.420. The van der Waals surface area contributed by atoms with Gasteiger partial charge in [-0.2, -0.15) is 0 Å². The Balaban J connectivity index is 2.01. The molecule has 1 aliphatic heterocycles. The van der Waals surface area contributed by atoms with Gasteiger partial charge >= 0.3 is 11.7 Å². The molecule has 152 valence electrons. The molecule has 8 heteroatoms. The quantitative estimate of drug-likeness (QED) is 0.332. The Labute approximate surface area is 168 Å². The minimum atomic E-state index is -0.979. The first-order valence-electron chi connectivity index (χ1n) is 9.41. The number of morpholine rings is 1. The second kappa shape index (κ2) is 9.70. The maximum absolute atomic E-state index is 12.3. The summed E-state index contributed by atoms with van der Waals surface area (Å²) in [4.78, 5) is 25.5. The minimum absolute atomic E-state index is 0.0464. The molecule has 3 rings (SSSR count). The molecule has 0 spiro atoms. The molecule has 2 aromatic rings. The normalized spacial score (nSPS) is 14.7. The lowest BCUT2D eigenvalue weighted by Crippen LogP contribution is -2.36. The van der Waals surface area contributed by atoms with Crippen molar-refractivity contribution in [3.63, 3.8) is 0 Å². The first-order valence-corrected chi connectivity index (χ1v) is 9.41. The standard InChI is InChI=1S/C21H23N3O5/c1-2-29-21(25)20(24(26)27)19(16-7-4-3-5-8-16)22-17-9-6-10-18(15-17)23-11-13-28-14-12-23/h3-10,15,22H,2,11-14H2,1H3. The Morgan fingerprint density at radius 1 is 1.17 bits per heavy atom. The average Bonchev–Trinajstić information content (AvgIpc) is 2.75. The van der Waals surface area contributed by atoms with Crippen molar-refractivity contribution in [2.45, 2.75) is 6.92 Å². The van der Waals surface area contributed by atoms with Crippen LogP contribution < -0.4 is 10.2 Å². The third-order valence-corrected chi connectivity index (χ3v) is 4.44. The van der Waals surface area contributed by atoms with Gasteiger partial charge in [0.15, 0.2) is 0 Å². The molecule has 1 N–H and O–H groups in total. The van der Waals surface area contributed by atoms with E-state index in [0.29, 0.717) is 24.5 Å². The van der Waals surface area contributed by atoms with E-state index in [1.165, 1.54) is 0 Å². The smallest absolute Gasteiger partial charge is 0.412 e. The van der Waals surface area contributed by atoms with Gasteiger partial charge in [-0.15, -0.1) is 0 Å². The van der Waals surface area contributed by atoms with Crippen LogP contribution in [0.15, 0.2) is 60.3 Å². The van der Waals surface area contributed by atoms with Crippen molar-refractivity contribution in [2.75, 3.05) is 43.1 Å². The molecule has 2 aromatic carbocycles. The molecule has 0 aromatic heterocycles. The highest BCUT2D eigenvalue weighted by molar-refractivity contribution is 5.98. The van der Waals surface area contributed by atoms with Crippen molar-refractivity contribution in [2.24, 2.45) is 0 Å². The molecule has 1 saturated heterocycles. The van der Waals surface area contributed by atoms with Crippen molar-refractivity contribution in [1.82, 2.24) is 0 Å². The zero-order valence-electron chi connectivity index (χ0n) is 16.2. The highest BCUT2D eigenvalue weighted by Gasteiger charge is 2.30. The molecular formula is C21H23N3O5. The zero-order valence-corrected chi connectivity index (χ0v) is 16.2. The number of rotatable bonds is 7. The van der Waals surface area contributed by atoms with Gasteiger partial charge in [0.05, 0.1) is 24.7 Å². The maximum Gasteiger partial charge on any atom is 0.412 e. The predicted octanol–water partition coefficient (Wildman–Crippen LogP) is 3.14. The number of esters is 1. The Bertz CT molecular complexity index is 892. The molecule has 1 heterocycles. The van der Waals surface area contributed by atoms with Crippen LogP contribution in [0.3, 0.4) is 0 Å². The van der Waals surface area contributed by atoms with E-state index in [9.17, 15) is 14.9 Å². The van der Waals surface area contributed by atoms with Crippen molar-refractivity contribution in [3.8, 4) is 0 Å². The van der Waals surface area contributed by atoms with Crippen molar-refractivity contribution >= 4 is 23.0 Å². The monoisotopic (exact) mass is 397 g/mol. The number of ether oxygens (including phenoxy) is 2. The third kappa shape index (κ3) is 5.11. The van der Waals surface area contributed by atoms with E-state index >= 15 is 0 Å². The predicted molar refractivity (Wildman–Crippen MR) is 110 cm³/mol. The van der Waals surface area contributed by atoms with Gasteiger partial charge in [-0.25, -0.2) is 4.79 Å². The van der Waals surface area contributed by atoms with Crippen LogP contribution in [0, 0.1) is 10.1 Å². The summed E-state index contributed by atoms with van der Waals surface area (Å²) in [6.45, 7) is 4.51. The average molecular weight is 397 g/mol. The third-order valence-electron chi connectivity index (χ3n) is 4.44. The van der Waals surface area contributed by atoms with Gasteiger partial charge in [0.1, 0.15) is 5.70 Å². The summed E-state index contributed by atoms with van der Waals surface area (Å²) in [7, 11) is 0. The Kier molecular flexibility index (Phi) is 6.80. The summed E-state index contributed by atoms with van der Waals surface area (Å²) in [6, 6.07) is 16.3. The molecular weight excluding hydrogens is 374 g/mol. The largest absolute Gasteiger partial charge is 0.458 e. The van der Waals surface area contributed by atoms with Crippen LogP contribution in [-0.2, 0) is 14.3 Å². The molecule has 1 aliphatic rings. The van der Waals surface area contributed by atoms with Crippen LogP contribution in [0.5, 0.6) is 0 Å². The Morgan fingerprint density at radius 2 is 1.90 bits per heavy atom. The van der Waals surface area contributed by atoms with Crippen LogP contribution >= 0.6 is 0 Å². The van der Waals surface area contributed by atoms with Crippen LogP contribution in [0.1, 0.15) is 12.5 Å². The van der Waals surface area contributed by atoms with E-state index in [2.05, 4.69) is 10.2 Å². The fourth-order valence-electron chi connectivity index (χ4n) is 3.09. The fourth-order valence-corrected chi connectivity index (χ4v) is 3.09. The molecule has 0 atom stereocenters. The first-order chi connectivity index (χ1) is 14.1. The highest BCUT2D eigenvalue weighted by atomic mass is 16.6. The van der Waals surface area contributed by atoms with E-state index in [1.54, 1.807) is 43.3 Å². The van der Waals surface area contributed by atoms with Crippen LogP contribution in [0.25, 0.3) is 5.70 Å². The molecule has 0 amide bonds. The van der Waals surface area contributed by atoms with Gasteiger partial charge in [0, 0.05) is 30.0 Å². The number of carbonyl (C=O) groups excluding carboxylic acids is 1. The Hall–Kier alpha value is -3.39. The van der Waals surface area contributed by atoms with Gasteiger partial charge in [-0.1, -0.05) is 36.4 Å². The van der Waals surface area contributed by atoms with E-state index in [4.69, 9.17) is 9.47 Å². The second-order valence-electron chi connectivity index (χ2n) is 6.34. The van der Waals surface area contributed by atoms with E-state index < -0.39 is 16.6 Å². The van der Waals surface area contributed by atoms with E-state index in [1.807, 2.05) is 18.2 Å². The first kappa shape index (κ1) is 20.3. The molecule has 0 aliphatic carbocycles. The number of benzene rings is 2. The van der Waals surface area contributed by atoms with Crippen LogP contribution in [0.2, 0.25) is 0 Å². The Morgan fingerprint density at radius 3 is 2.55 bits per heavy atom. The number of nitrogens with zero attached hydrogens (tertiary/aromatic N) is 2. The molecule has 0 unspecified atom stereocenters. The van der Waals surface area contributed by atoms with Gasteiger partial charge in [0.2, 0.25) is 0 Å². The summed E-state index contributed by atoms with van der Waals surface area (Å²) in [5.74, 6) is -0.979. The number of hydrogen-bond acceptors (Lipinski definition) is 7. The van der Waals surface area contributed by atoms with E-state index in [-0.39, 0.29) is 12.3 Å². The summed E-state index contributed by atoms with van der Waals surface area (Å²) < 4.78 is 10.3. The van der Waals surface area contributed by atoms with Crippen LogP contribution in [-0.4, -0.2) is 43.8 Å². The number of anilines is 2. The van der Waals surface area contributed by atoms with Crippen molar-refractivity contribution < 1.29 is 19.2 Å². The molecule has 0 bridgehead atoms. The number of hydrogen-bond donors (Lipinski definition) is 1. The molecule has 29 heavy (non-hydrogen) atoms. The van der Waals surface area contributed by atoms with E-state index in [0.717, 1.165) is 18.8 Å². The number of nitrogens with one attached hydrogen (secondary N) is 1. The summed E-state index contributed by atoms with van der Waals surface area (Å²) >= 11 is 0. The van der Waals surface area contributed by atoms with Gasteiger partial charge in [-0.05, 0) is 25.1 Å². The van der Waals surface area contributed by atoms with Crippen molar-refractivity contribution in [1.29, 1.82) is 0 Å². The molecule has 0 saturated carbocycles. The van der Waals surface area contributed by atoms with Crippen LogP contribution in [0.4, 0.5) is 11.4 Å². The van der Waals surface area contributed by atoms with Gasteiger partial charge in [-0.3, -0.25) is 10.1 Å². The zero-order chi connectivity index (χ0) is 20.6. The topological polar surface area (TPSA) is 93.9 Å². The molecule has 1 fully saturated rings. The SMILES string of the molecule is CCOC(=O)C(=C(Nc1cccc(N2CCOCC2)c1)c1ccccc1)[N+](=O)[O-]. The lowest BCUT2D eigenvalue weighted by Gasteiger charge is -2.29.